The van der Waals surface area contributed by atoms with Gasteiger partial charge in [0.15, 0.2) is 0 Å². The third-order valence-electron chi connectivity index (χ3n) is 3.44. The summed E-state index contributed by atoms with van der Waals surface area (Å²) in [6.07, 6.45) is 5.22. The molecule has 84 valence electrons. The highest BCUT2D eigenvalue weighted by atomic mass is 14.9. The second kappa shape index (κ2) is 4.57. The summed E-state index contributed by atoms with van der Waals surface area (Å²) >= 11 is 0. The Morgan fingerprint density at radius 1 is 1.38 bits per heavy atom. The van der Waals surface area contributed by atoms with Gasteiger partial charge >= 0.3 is 0 Å². The molecule has 0 heterocycles. The highest BCUT2D eigenvalue weighted by Crippen LogP contribution is 2.49. The Morgan fingerprint density at radius 3 is 2.75 bits per heavy atom. The van der Waals surface area contributed by atoms with Crippen LogP contribution in [-0.4, -0.2) is 6.54 Å². The largest absolute Gasteiger partial charge is 0.383 e. The van der Waals surface area contributed by atoms with Crippen molar-refractivity contribution in [1.82, 2.24) is 0 Å². The van der Waals surface area contributed by atoms with Gasteiger partial charge in [-0.2, -0.15) is 5.26 Å². The van der Waals surface area contributed by atoms with E-state index in [0.717, 1.165) is 17.8 Å². The van der Waals surface area contributed by atoms with Gasteiger partial charge in [-0.1, -0.05) is 25.5 Å². The van der Waals surface area contributed by atoms with Gasteiger partial charge in [0.05, 0.1) is 11.3 Å². The van der Waals surface area contributed by atoms with Gasteiger partial charge in [-0.3, -0.25) is 0 Å². The molecule has 2 nitrogen and oxygen atoms in total. The first-order chi connectivity index (χ1) is 7.79. The van der Waals surface area contributed by atoms with E-state index in [1.165, 1.54) is 25.7 Å². The summed E-state index contributed by atoms with van der Waals surface area (Å²) in [5.41, 5.74) is 2.25. The molecular formula is C14H18N2. The molecule has 0 amide bonds. The number of rotatable bonds is 5. The van der Waals surface area contributed by atoms with Crippen molar-refractivity contribution in [2.75, 3.05) is 11.9 Å². The fraction of sp³-hybridized carbons (Fsp3) is 0.500. The molecule has 0 spiro atoms. The third kappa shape index (κ3) is 2.36. The Balaban J connectivity index is 1.97. The van der Waals surface area contributed by atoms with Crippen LogP contribution in [0.4, 0.5) is 5.69 Å². The number of nitrogens with one attached hydrogen (secondary N) is 1. The van der Waals surface area contributed by atoms with E-state index in [9.17, 15) is 0 Å². The molecule has 1 N–H and O–H groups in total. The Morgan fingerprint density at radius 2 is 2.12 bits per heavy atom. The average molecular weight is 214 g/mol. The van der Waals surface area contributed by atoms with E-state index >= 15 is 0 Å². The summed E-state index contributed by atoms with van der Waals surface area (Å²) in [5, 5.41) is 12.4. The number of nitriles is 1. The van der Waals surface area contributed by atoms with Crippen LogP contribution in [0.2, 0.25) is 0 Å². The second-order valence-electron chi connectivity index (χ2n) is 4.76. The first kappa shape index (κ1) is 11.0. The molecule has 1 aliphatic carbocycles. The Labute approximate surface area is 97.3 Å². The monoisotopic (exact) mass is 214 g/mol. The molecule has 1 aromatic rings. The lowest BCUT2D eigenvalue weighted by Crippen LogP contribution is -2.15. The smallest absolute Gasteiger partial charge is 0.101 e. The molecule has 2 rings (SSSR count). The van der Waals surface area contributed by atoms with E-state index in [0.29, 0.717) is 5.41 Å². The van der Waals surface area contributed by atoms with Crippen LogP contribution in [0.15, 0.2) is 24.3 Å². The summed E-state index contributed by atoms with van der Waals surface area (Å²) in [5.74, 6) is 0. The Kier molecular flexibility index (Phi) is 3.14. The fourth-order valence-electron chi connectivity index (χ4n) is 2.24. The van der Waals surface area contributed by atoms with Gasteiger partial charge in [0.1, 0.15) is 6.07 Å². The van der Waals surface area contributed by atoms with Crippen molar-refractivity contribution in [3.8, 4) is 6.07 Å². The third-order valence-corrected chi connectivity index (χ3v) is 3.44. The Hall–Kier alpha value is -1.49. The molecule has 0 atom stereocenters. The van der Waals surface area contributed by atoms with E-state index < -0.39 is 0 Å². The predicted molar refractivity (Wildman–Crippen MR) is 66.2 cm³/mol. The van der Waals surface area contributed by atoms with Crippen LogP contribution < -0.4 is 5.32 Å². The van der Waals surface area contributed by atoms with Gasteiger partial charge in [0.2, 0.25) is 0 Å². The van der Waals surface area contributed by atoms with Gasteiger partial charge in [-0.25, -0.2) is 0 Å². The molecule has 0 saturated heterocycles. The van der Waals surface area contributed by atoms with E-state index in [-0.39, 0.29) is 0 Å². The first-order valence-electron chi connectivity index (χ1n) is 6.03. The minimum Gasteiger partial charge on any atom is -0.383 e. The number of nitrogens with zero attached hydrogens (tertiary/aromatic N) is 1. The number of benzene rings is 1. The van der Waals surface area contributed by atoms with E-state index in [1.807, 2.05) is 24.3 Å². The highest BCUT2D eigenvalue weighted by Gasteiger charge is 2.41. The van der Waals surface area contributed by atoms with Gasteiger partial charge < -0.3 is 5.32 Å². The van der Waals surface area contributed by atoms with Crippen LogP contribution in [-0.2, 0) is 0 Å². The molecule has 1 aromatic carbocycles. The van der Waals surface area contributed by atoms with E-state index in [1.54, 1.807) is 0 Å². The van der Waals surface area contributed by atoms with Crippen LogP contribution in [0.25, 0.3) is 0 Å². The molecule has 0 aliphatic heterocycles. The maximum Gasteiger partial charge on any atom is 0.101 e. The topological polar surface area (TPSA) is 35.8 Å². The SMILES string of the molecule is CCCC1(CNc2ccccc2C#N)CC1. The highest BCUT2D eigenvalue weighted by molar-refractivity contribution is 5.57. The second-order valence-corrected chi connectivity index (χ2v) is 4.76. The van der Waals surface area contributed by atoms with Crippen molar-refractivity contribution >= 4 is 5.69 Å². The van der Waals surface area contributed by atoms with Crippen molar-refractivity contribution in [2.24, 2.45) is 5.41 Å². The summed E-state index contributed by atoms with van der Waals surface area (Å²) in [6, 6.07) is 9.95. The van der Waals surface area contributed by atoms with Crippen molar-refractivity contribution in [3.05, 3.63) is 29.8 Å². The van der Waals surface area contributed by atoms with Gasteiger partial charge in [-0.05, 0) is 36.8 Å². The van der Waals surface area contributed by atoms with E-state index in [2.05, 4.69) is 18.3 Å². The minimum atomic E-state index is 0.525. The molecule has 0 bridgehead atoms. The standard InChI is InChI=1S/C14H18N2/c1-2-7-14(8-9-14)11-16-13-6-4-3-5-12(13)10-15/h3-6,16H,2,7-9,11H2,1H3. The lowest BCUT2D eigenvalue weighted by Gasteiger charge is -2.16. The van der Waals surface area contributed by atoms with Crippen LogP contribution >= 0.6 is 0 Å². The number of hydrogen-bond acceptors (Lipinski definition) is 2. The lowest BCUT2D eigenvalue weighted by atomic mass is 10.0. The first-order valence-corrected chi connectivity index (χ1v) is 6.03. The molecule has 0 aromatic heterocycles. The summed E-state index contributed by atoms with van der Waals surface area (Å²) in [7, 11) is 0. The van der Waals surface area contributed by atoms with Crippen LogP contribution in [0.5, 0.6) is 0 Å². The van der Waals surface area contributed by atoms with Crippen molar-refractivity contribution in [1.29, 1.82) is 5.26 Å². The summed E-state index contributed by atoms with van der Waals surface area (Å²) < 4.78 is 0. The van der Waals surface area contributed by atoms with Crippen molar-refractivity contribution < 1.29 is 0 Å². The maximum absolute atomic E-state index is 8.98. The number of anilines is 1. The molecular weight excluding hydrogens is 196 g/mol. The van der Waals surface area contributed by atoms with Crippen LogP contribution in [0.3, 0.4) is 0 Å². The minimum absolute atomic E-state index is 0.525. The molecule has 0 unspecified atom stereocenters. The van der Waals surface area contributed by atoms with Crippen LogP contribution in [0, 0.1) is 16.7 Å². The maximum atomic E-state index is 8.98. The summed E-state index contributed by atoms with van der Waals surface area (Å²) in [4.78, 5) is 0. The molecule has 1 fully saturated rings. The van der Waals surface area contributed by atoms with Gasteiger partial charge in [0, 0.05) is 6.54 Å². The quantitative estimate of drug-likeness (QED) is 0.813. The Bertz CT molecular complexity index is 399. The zero-order chi connectivity index (χ0) is 11.4. The van der Waals surface area contributed by atoms with E-state index in [4.69, 9.17) is 5.26 Å². The molecule has 1 aliphatic rings. The zero-order valence-electron chi connectivity index (χ0n) is 9.79. The fourth-order valence-corrected chi connectivity index (χ4v) is 2.24. The number of para-hydroxylation sites is 1. The van der Waals surface area contributed by atoms with Crippen molar-refractivity contribution in [3.63, 3.8) is 0 Å². The van der Waals surface area contributed by atoms with Gasteiger partial charge in [0.25, 0.3) is 0 Å². The molecule has 2 heteroatoms. The van der Waals surface area contributed by atoms with Gasteiger partial charge in [-0.15, -0.1) is 0 Å². The predicted octanol–water partition coefficient (Wildman–Crippen LogP) is 3.55. The number of hydrogen-bond donors (Lipinski definition) is 1. The molecule has 1 saturated carbocycles. The van der Waals surface area contributed by atoms with Crippen LogP contribution in [0.1, 0.15) is 38.2 Å². The summed E-state index contributed by atoms with van der Waals surface area (Å²) in [6.45, 7) is 3.25. The van der Waals surface area contributed by atoms with Crippen molar-refractivity contribution in [2.45, 2.75) is 32.6 Å². The molecule has 16 heavy (non-hydrogen) atoms. The zero-order valence-corrected chi connectivity index (χ0v) is 9.79. The average Bonchev–Trinajstić information content (AvgIpc) is 3.08. The molecule has 0 radical (unpaired) electrons. The normalized spacial score (nSPS) is 16.5. The lowest BCUT2D eigenvalue weighted by molar-refractivity contribution is 0.485.